The number of methoxy groups -OCH3 is 1. The molecule has 0 unspecified atom stereocenters. The normalized spacial score (nSPS) is 11.4. The third-order valence-electron chi connectivity index (χ3n) is 4.42. The zero-order chi connectivity index (χ0) is 19.6. The lowest BCUT2D eigenvalue weighted by molar-refractivity contribution is 0.0557. The van der Waals surface area contributed by atoms with E-state index in [-0.39, 0.29) is 18.0 Å². The van der Waals surface area contributed by atoms with Crippen molar-refractivity contribution in [3.05, 3.63) is 70.3 Å². The summed E-state index contributed by atoms with van der Waals surface area (Å²) >= 11 is 0. The highest BCUT2D eigenvalue weighted by Gasteiger charge is 2.28. The summed E-state index contributed by atoms with van der Waals surface area (Å²) in [5, 5.41) is 0.853. The Bertz CT molecular complexity index is 1020. The van der Waals surface area contributed by atoms with Gasteiger partial charge in [0.15, 0.2) is 0 Å². The Labute approximate surface area is 157 Å². The second kappa shape index (κ2) is 7.23. The number of nitrogens with zero attached hydrogens (tertiary/aromatic N) is 2. The number of ether oxygens (including phenoxy) is 1. The van der Waals surface area contributed by atoms with Gasteiger partial charge in [0, 0.05) is 34.4 Å². The predicted octanol–water partition coefficient (Wildman–Crippen LogP) is 3.37. The first kappa shape index (κ1) is 18.6. The molecule has 0 spiro atoms. The van der Waals surface area contributed by atoms with E-state index in [4.69, 9.17) is 4.74 Å². The van der Waals surface area contributed by atoms with Crippen LogP contribution in [-0.2, 0) is 6.54 Å². The second-order valence-corrected chi connectivity index (χ2v) is 7.38. The lowest BCUT2D eigenvalue weighted by Crippen LogP contribution is -2.46. The first-order chi connectivity index (χ1) is 12.8. The first-order valence-corrected chi connectivity index (χ1v) is 8.71. The third-order valence-corrected chi connectivity index (χ3v) is 4.42. The van der Waals surface area contributed by atoms with Crippen LogP contribution in [-0.4, -0.2) is 33.4 Å². The average Bonchev–Trinajstić information content (AvgIpc) is 2.65. The lowest BCUT2D eigenvalue weighted by Gasteiger charge is -2.35. The summed E-state index contributed by atoms with van der Waals surface area (Å²) in [4.78, 5) is 34.2. The van der Waals surface area contributed by atoms with Gasteiger partial charge in [-0.2, -0.15) is 0 Å². The standard InChI is InChI=1S/C21H23N3O3/c1-21(2,3)24(20(26)14-6-5-9-22-12-14)13-16-10-15-11-17(27-4)7-8-18(15)23-19(16)25/h5-12H,13H2,1-4H3,(H,23,25). The van der Waals surface area contributed by atoms with E-state index in [2.05, 4.69) is 9.97 Å². The number of pyridine rings is 2. The smallest absolute Gasteiger partial charge is 0.256 e. The van der Waals surface area contributed by atoms with Crippen molar-refractivity contribution in [1.29, 1.82) is 0 Å². The molecule has 0 aliphatic heterocycles. The Morgan fingerprint density at radius 1 is 1.22 bits per heavy atom. The minimum atomic E-state index is -0.470. The van der Waals surface area contributed by atoms with Crippen LogP contribution in [0.1, 0.15) is 36.7 Å². The number of carbonyl (C=O) groups is 1. The van der Waals surface area contributed by atoms with Gasteiger partial charge >= 0.3 is 0 Å². The number of benzene rings is 1. The van der Waals surface area contributed by atoms with Gasteiger partial charge in [-0.1, -0.05) is 0 Å². The number of hydrogen-bond donors (Lipinski definition) is 1. The fraction of sp³-hybridized carbons (Fsp3) is 0.286. The van der Waals surface area contributed by atoms with Crippen molar-refractivity contribution >= 4 is 16.8 Å². The van der Waals surface area contributed by atoms with Crippen molar-refractivity contribution < 1.29 is 9.53 Å². The number of fused-ring (bicyclic) bond motifs is 1. The molecule has 6 heteroatoms. The van der Waals surface area contributed by atoms with Crippen LogP contribution in [0, 0.1) is 0 Å². The van der Waals surface area contributed by atoms with Gasteiger partial charge in [0.05, 0.1) is 19.2 Å². The van der Waals surface area contributed by atoms with Gasteiger partial charge in [-0.05, 0) is 57.2 Å². The van der Waals surface area contributed by atoms with Crippen molar-refractivity contribution in [2.45, 2.75) is 32.9 Å². The summed E-state index contributed by atoms with van der Waals surface area (Å²) in [5.41, 5.74) is 1.06. The molecule has 27 heavy (non-hydrogen) atoms. The van der Waals surface area contributed by atoms with Crippen molar-refractivity contribution in [2.75, 3.05) is 7.11 Å². The van der Waals surface area contributed by atoms with Crippen LogP contribution in [0.3, 0.4) is 0 Å². The molecule has 0 atom stereocenters. The van der Waals surface area contributed by atoms with Crippen LogP contribution in [0.2, 0.25) is 0 Å². The molecule has 3 aromatic rings. The maximum atomic E-state index is 13.0. The molecule has 0 aliphatic rings. The zero-order valence-corrected chi connectivity index (χ0v) is 15.9. The molecule has 0 fully saturated rings. The number of hydrogen-bond acceptors (Lipinski definition) is 4. The van der Waals surface area contributed by atoms with Gasteiger partial charge in [0.2, 0.25) is 0 Å². The van der Waals surface area contributed by atoms with E-state index in [0.29, 0.717) is 16.9 Å². The van der Waals surface area contributed by atoms with Crippen LogP contribution in [0.5, 0.6) is 5.75 Å². The third kappa shape index (κ3) is 4.00. The second-order valence-electron chi connectivity index (χ2n) is 7.38. The Morgan fingerprint density at radius 2 is 2.00 bits per heavy atom. The minimum Gasteiger partial charge on any atom is -0.497 e. The number of carbonyl (C=O) groups excluding carboxylic acids is 1. The van der Waals surface area contributed by atoms with Crippen LogP contribution in [0.25, 0.3) is 10.9 Å². The Morgan fingerprint density at radius 3 is 2.63 bits per heavy atom. The molecule has 1 aromatic carbocycles. The Balaban J connectivity index is 2.02. The Hall–Kier alpha value is -3.15. The molecule has 0 aliphatic carbocycles. The highest BCUT2D eigenvalue weighted by Crippen LogP contribution is 2.22. The molecule has 0 saturated heterocycles. The van der Waals surface area contributed by atoms with Gasteiger partial charge in [-0.15, -0.1) is 0 Å². The number of H-pyrrole nitrogens is 1. The van der Waals surface area contributed by atoms with E-state index < -0.39 is 5.54 Å². The molecule has 140 valence electrons. The fourth-order valence-corrected chi connectivity index (χ4v) is 2.90. The van der Waals surface area contributed by atoms with E-state index in [9.17, 15) is 9.59 Å². The zero-order valence-electron chi connectivity index (χ0n) is 15.9. The number of aromatic nitrogens is 2. The molecule has 1 N–H and O–H groups in total. The van der Waals surface area contributed by atoms with Crippen LogP contribution in [0.15, 0.2) is 53.6 Å². The summed E-state index contributed by atoms with van der Waals surface area (Å²) in [7, 11) is 1.60. The number of amides is 1. The molecule has 6 nitrogen and oxygen atoms in total. The molecule has 2 aromatic heterocycles. The summed E-state index contributed by atoms with van der Waals surface area (Å²) in [6.07, 6.45) is 3.16. The molecular weight excluding hydrogens is 342 g/mol. The molecule has 3 rings (SSSR count). The topological polar surface area (TPSA) is 75.3 Å². The molecule has 0 bridgehead atoms. The minimum absolute atomic E-state index is 0.166. The first-order valence-electron chi connectivity index (χ1n) is 8.71. The Kier molecular flexibility index (Phi) is 4.99. The van der Waals surface area contributed by atoms with Gasteiger partial charge < -0.3 is 14.6 Å². The summed E-state index contributed by atoms with van der Waals surface area (Å²) in [6, 6.07) is 10.7. The SMILES string of the molecule is COc1ccc2[nH]c(=O)c(CN(C(=O)c3cccnc3)C(C)(C)C)cc2c1. The molecular formula is C21H23N3O3. The number of nitrogens with one attached hydrogen (secondary N) is 1. The van der Waals surface area contributed by atoms with Gasteiger partial charge in [-0.3, -0.25) is 14.6 Å². The largest absolute Gasteiger partial charge is 0.497 e. The van der Waals surface area contributed by atoms with E-state index in [0.717, 1.165) is 10.9 Å². The fourth-order valence-electron chi connectivity index (χ4n) is 2.90. The van der Waals surface area contributed by atoms with E-state index in [1.165, 1.54) is 6.20 Å². The van der Waals surface area contributed by atoms with Crippen molar-refractivity contribution in [2.24, 2.45) is 0 Å². The highest BCUT2D eigenvalue weighted by atomic mass is 16.5. The molecule has 0 radical (unpaired) electrons. The van der Waals surface area contributed by atoms with Gasteiger partial charge in [0.1, 0.15) is 5.75 Å². The number of aromatic amines is 1. The van der Waals surface area contributed by atoms with Crippen molar-refractivity contribution in [1.82, 2.24) is 14.9 Å². The van der Waals surface area contributed by atoms with Gasteiger partial charge in [-0.25, -0.2) is 0 Å². The quantitative estimate of drug-likeness (QED) is 0.769. The van der Waals surface area contributed by atoms with Crippen LogP contribution >= 0.6 is 0 Å². The predicted molar refractivity (Wildman–Crippen MR) is 105 cm³/mol. The summed E-state index contributed by atoms with van der Waals surface area (Å²) in [5.74, 6) is 0.542. The van der Waals surface area contributed by atoms with Crippen molar-refractivity contribution in [3.63, 3.8) is 0 Å². The maximum Gasteiger partial charge on any atom is 0.256 e. The van der Waals surface area contributed by atoms with Gasteiger partial charge in [0.25, 0.3) is 11.5 Å². The average molecular weight is 365 g/mol. The molecule has 0 saturated carbocycles. The lowest BCUT2D eigenvalue weighted by atomic mass is 10.0. The summed E-state index contributed by atoms with van der Waals surface area (Å²) in [6.45, 7) is 6.03. The monoisotopic (exact) mass is 365 g/mol. The van der Waals surface area contributed by atoms with E-state index in [1.807, 2.05) is 39.0 Å². The van der Waals surface area contributed by atoms with Crippen LogP contribution < -0.4 is 10.3 Å². The maximum absolute atomic E-state index is 13.0. The van der Waals surface area contributed by atoms with E-state index >= 15 is 0 Å². The number of rotatable bonds is 4. The molecule has 2 heterocycles. The molecule has 1 amide bonds. The van der Waals surface area contributed by atoms with Crippen molar-refractivity contribution in [3.8, 4) is 5.75 Å². The van der Waals surface area contributed by atoms with Crippen LogP contribution in [0.4, 0.5) is 0 Å². The van der Waals surface area contributed by atoms with E-state index in [1.54, 1.807) is 36.4 Å². The highest BCUT2D eigenvalue weighted by molar-refractivity contribution is 5.94. The summed E-state index contributed by atoms with van der Waals surface area (Å²) < 4.78 is 5.26.